The maximum Gasteiger partial charge on any atom is 0.161 e. The molecule has 1 unspecified atom stereocenters. The summed E-state index contributed by atoms with van der Waals surface area (Å²) >= 11 is 0. The Hall–Kier alpha value is -8.04. The lowest BCUT2D eigenvalue weighted by Crippen LogP contribution is -2.05. The Bertz CT molecular complexity index is 3030. The molecule has 0 aromatic heterocycles. The van der Waals surface area contributed by atoms with E-state index in [0.717, 1.165) is 50.1 Å². The van der Waals surface area contributed by atoms with Crippen molar-refractivity contribution in [2.75, 3.05) is 0 Å². The lowest BCUT2D eigenvalue weighted by atomic mass is 9.89. The van der Waals surface area contributed by atoms with Crippen LogP contribution in [0.1, 0.15) is 39.3 Å². The van der Waals surface area contributed by atoms with Gasteiger partial charge in [-0.15, -0.1) is 5.73 Å². The van der Waals surface area contributed by atoms with Crippen LogP contribution < -0.4 is 0 Å². The standard InChI is InChI=1S/C56H40N4/c57-32-12-16-39-15-11-21-46(33-39)41-24-26-42(27-25-41)49-35-50(37-51(36-49)55(58)60-56(45-17-5-2-6-18-45)59-38-40-13-3-1-4-14-40)43-28-30-44(31-29-43)54-52-22-9-7-19-47(52)34-48-20-8-10-23-53(48)54/h1-26,28-38,41,57-58H/b16-12-,57-32?,58-55?,59-38?,60-56?. The van der Waals surface area contributed by atoms with Gasteiger partial charge in [0.1, 0.15) is 0 Å². The van der Waals surface area contributed by atoms with Crippen molar-refractivity contribution >= 4 is 57.3 Å². The van der Waals surface area contributed by atoms with Gasteiger partial charge >= 0.3 is 0 Å². The number of nitrogens with zero attached hydrogens (tertiary/aromatic N) is 2. The molecule has 1 aliphatic rings. The van der Waals surface area contributed by atoms with E-state index < -0.39 is 0 Å². The minimum Gasteiger partial charge on any atom is -0.309 e. The maximum absolute atomic E-state index is 9.44. The van der Waals surface area contributed by atoms with E-state index in [2.05, 4.69) is 121 Å². The van der Waals surface area contributed by atoms with Gasteiger partial charge in [-0.25, -0.2) is 9.98 Å². The average Bonchev–Trinajstić information content (AvgIpc) is 3.32. The predicted molar refractivity (Wildman–Crippen MR) is 254 cm³/mol. The molecule has 0 bridgehead atoms. The smallest absolute Gasteiger partial charge is 0.161 e. The van der Waals surface area contributed by atoms with E-state index in [4.69, 9.17) is 15.4 Å². The SMILES string of the molecule is N=C/C=C\c1cccc(C2C=C=C(c3cc(C(=N)N=C(N=Cc4ccccc4)c4ccccc4)cc(-c4ccc(-c5c6ccccc6cc6ccccc56)cc4)c3)C=C2)c1. The summed E-state index contributed by atoms with van der Waals surface area (Å²) in [6.45, 7) is 0. The molecule has 0 fully saturated rings. The van der Waals surface area contributed by atoms with E-state index in [0.29, 0.717) is 11.4 Å². The Morgan fingerprint density at radius 1 is 0.567 bits per heavy atom. The first kappa shape index (κ1) is 37.5. The molecule has 1 atom stereocenters. The van der Waals surface area contributed by atoms with Crippen molar-refractivity contribution in [3.63, 3.8) is 0 Å². The Kier molecular flexibility index (Phi) is 10.8. The molecule has 4 heteroatoms. The zero-order valence-corrected chi connectivity index (χ0v) is 32.8. The summed E-state index contributed by atoms with van der Waals surface area (Å²) in [5.41, 5.74) is 14.5. The van der Waals surface area contributed by atoms with Gasteiger partial charge in [-0.1, -0.05) is 170 Å². The molecule has 0 amide bonds. The number of fused-ring (bicyclic) bond motifs is 2. The molecule has 8 aromatic carbocycles. The second-order valence-corrected chi connectivity index (χ2v) is 14.7. The van der Waals surface area contributed by atoms with Crippen LogP contribution >= 0.6 is 0 Å². The fourth-order valence-electron chi connectivity index (χ4n) is 7.74. The third kappa shape index (κ3) is 8.19. The molecule has 9 rings (SSSR count). The Balaban J connectivity index is 1.13. The largest absolute Gasteiger partial charge is 0.309 e. The van der Waals surface area contributed by atoms with E-state index in [1.807, 2.05) is 91.0 Å². The number of benzene rings is 8. The highest BCUT2D eigenvalue weighted by molar-refractivity contribution is 6.14. The Morgan fingerprint density at radius 2 is 1.22 bits per heavy atom. The summed E-state index contributed by atoms with van der Waals surface area (Å²) < 4.78 is 0. The highest BCUT2D eigenvalue weighted by Crippen LogP contribution is 2.38. The van der Waals surface area contributed by atoms with Crippen LogP contribution in [0.3, 0.4) is 0 Å². The number of hydrogen-bond acceptors (Lipinski definition) is 2. The monoisotopic (exact) mass is 768 g/mol. The van der Waals surface area contributed by atoms with Crippen molar-refractivity contribution in [1.29, 1.82) is 10.8 Å². The summed E-state index contributed by atoms with van der Waals surface area (Å²) in [5.74, 6) is 0.625. The Morgan fingerprint density at radius 3 is 1.92 bits per heavy atom. The summed E-state index contributed by atoms with van der Waals surface area (Å²) in [4.78, 5) is 9.67. The highest BCUT2D eigenvalue weighted by atomic mass is 14.9. The third-order valence-electron chi connectivity index (χ3n) is 10.7. The Labute approximate surface area is 350 Å². The molecule has 0 heterocycles. The summed E-state index contributed by atoms with van der Waals surface area (Å²) in [6, 6.07) is 62.6. The van der Waals surface area contributed by atoms with Crippen molar-refractivity contribution in [2.24, 2.45) is 9.98 Å². The van der Waals surface area contributed by atoms with Gasteiger partial charge in [-0.3, -0.25) is 5.41 Å². The van der Waals surface area contributed by atoms with Crippen LogP contribution in [0, 0.1) is 10.8 Å². The van der Waals surface area contributed by atoms with Gasteiger partial charge in [0.2, 0.25) is 0 Å². The zero-order chi connectivity index (χ0) is 40.7. The second kappa shape index (κ2) is 17.2. The van der Waals surface area contributed by atoms with Crippen LogP contribution in [0.4, 0.5) is 0 Å². The quantitative estimate of drug-likeness (QED) is 0.0635. The van der Waals surface area contributed by atoms with E-state index >= 15 is 0 Å². The highest BCUT2D eigenvalue weighted by Gasteiger charge is 2.15. The molecular weight excluding hydrogens is 729 g/mol. The molecular formula is C56H40N4. The number of hydrogen-bond donors (Lipinski definition) is 2. The molecule has 0 saturated carbocycles. The molecule has 2 N–H and O–H groups in total. The molecule has 4 nitrogen and oxygen atoms in total. The minimum absolute atomic E-state index is 0.0567. The van der Waals surface area contributed by atoms with Gasteiger partial charge < -0.3 is 5.41 Å². The van der Waals surface area contributed by atoms with Crippen molar-refractivity contribution in [1.82, 2.24) is 0 Å². The van der Waals surface area contributed by atoms with Crippen molar-refractivity contribution in [2.45, 2.75) is 5.92 Å². The number of nitrogens with one attached hydrogen (secondary N) is 2. The van der Waals surface area contributed by atoms with E-state index in [-0.39, 0.29) is 11.8 Å². The second-order valence-electron chi connectivity index (χ2n) is 14.7. The zero-order valence-electron chi connectivity index (χ0n) is 32.8. The van der Waals surface area contributed by atoms with Gasteiger partial charge in [-0.05, 0) is 109 Å². The van der Waals surface area contributed by atoms with E-state index in [1.54, 1.807) is 12.3 Å². The van der Waals surface area contributed by atoms with Crippen LogP contribution in [-0.2, 0) is 0 Å². The normalized spacial score (nSPS) is 14.0. The number of amidine groups is 2. The predicted octanol–water partition coefficient (Wildman–Crippen LogP) is 13.8. The minimum atomic E-state index is 0.0567. The van der Waals surface area contributed by atoms with Gasteiger partial charge in [0.05, 0.1) is 0 Å². The molecule has 0 spiro atoms. The van der Waals surface area contributed by atoms with Gasteiger partial charge in [-0.2, -0.15) is 0 Å². The van der Waals surface area contributed by atoms with Crippen molar-refractivity contribution in [3.05, 3.63) is 245 Å². The summed E-state index contributed by atoms with van der Waals surface area (Å²) in [6.07, 6.45) is 13.2. The number of aliphatic imine (C=N–C) groups is 2. The molecule has 1 aliphatic carbocycles. The van der Waals surface area contributed by atoms with Crippen LogP contribution in [0.2, 0.25) is 0 Å². The average molecular weight is 769 g/mol. The molecule has 8 aromatic rings. The number of rotatable bonds is 9. The van der Waals surface area contributed by atoms with Gasteiger partial charge in [0.15, 0.2) is 11.7 Å². The van der Waals surface area contributed by atoms with E-state index in [9.17, 15) is 5.41 Å². The molecule has 284 valence electrons. The molecule has 0 aliphatic heterocycles. The fourth-order valence-corrected chi connectivity index (χ4v) is 7.74. The first-order chi connectivity index (χ1) is 29.6. The lowest BCUT2D eigenvalue weighted by molar-refractivity contribution is 1.08. The lowest BCUT2D eigenvalue weighted by Gasteiger charge is -2.15. The van der Waals surface area contributed by atoms with Crippen LogP contribution in [0.25, 0.3) is 55.4 Å². The van der Waals surface area contributed by atoms with Crippen LogP contribution in [-0.4, -0.2) is 24.1 Å². The van der Waals surface area contributed by atoms with Gasteiger partial charge in [0, 0.05) is 35.0 Å². The maximum atomic E-state index is 9.44. The first-order valence-electron chi connectivity index (χ1n) is 20.0. The first-order valence-corrected chi connectivity index (χ1v) is 20.0. The third-order valence-corrected chi connectivity index (χ3v) is 10.7. The van der Waals surface area contributed by atoms with Gasteiger partial charge in [0.25, 0.3) is 0 Å². The molecule has 0 radical (unpaired) electrons. The number of allylic oxidation sites excluding steroid dienone is 4. The van der Waals surface area contributed by atoms with Crippen molar-refractivity contribution in [3.8, 4) is 22.3 Å². The van der Waals surface area contributed by atoms with Crippen LogP contribution in [0.15, 0.2) is 222 Å². The van der Waals surface area contributed by atoms with Crippen molar-refractivity contribution < 1.29 is 0 Å². The van der Waals surface area contributed by atoms with Crippen LogP contribution in [0.5, 0.6) is 0 Å². The fraction of sp³-hybridized carbons (Fsp3) is 0.0179. The molecule has 60 heavy (non-hydrogen) atoms. The topological polar surface area (TPSA) is 72.4 Å². The van der Waals surface area contributed by atoms with E-state index in [1.165, 1.54) is 33.3 Å². The molecule has 0 saturated heterocycles. The summed E-state index contributed by atoms with van der Waals surface area (Å²) in [7, 11) is 0. The summed E-state index contributed by atoms with van der Waals surface area (Å²) in [5, 5.41) is 21.7.